The summed E-state index contributed by atoms with van der Waals surface area (Å²) in [7, 11) is 0. The number of carbonyl (C=O) groups is 2. The summed E-state index contributed by atoms with van der Waals surface area (Å²) < 4.78 is 0.307. The summed E-state index contributed by atoms with van der Waals surface area (Å²) in [6.45, 7) is 3.51. The van der Waals surface area contributed by atoms with Crippen molar-refractivity contribution in [3.8, 4) is 0 Å². The Morgan fingerprint density at radius 2 is 1.63 bits per heavy atom. The van der Waals surface area contributed by atoms with Crippen LogP contribution in [0.5, 0.6) is 0 Å². The molecular formula is C14H11BrO4. The van der Waals surface area contributed by atoms with Crippen LogP contribution in [0.4, 0.5) is 0 Å². The molecule has 0 spiro atoms. The largest absolute Gasteiger partial charge is 0.478 e. The SMILES string of the molecule is Cc1cccc2c(Br)c(C(=O)O)c(C(=O)O)c(C)c12. The quantitative estimate of drug-likeness (QED) is 0.885. The second kappa shape index (κ2) is 4.66. The number of fused-ring (bicyclic) bond motifs is 1. The fraction of sp³-hybridized carbons (Fsp3) is 0.143. The maximum Gasteiger partial charge on any atom is 0.337 e. The summed E-state index contributed by atoms with van der Waals surface area (Å²) in [5, 5.41) is 20.0. The first-order chi connectivity index (χ1) is 8.86. The molecule has 0 aliphatic carbocycles. The van der Waals surface area contributed by atoms with E-state index in [9.17, 15) is 19.8 Å². The molecule has 0 aromatic heterocycles. The molecule has 2 aromatic rings. The van der Waals surface area contributed by atoms with Crippen LogP contribution >= 0.6 is 15.9 Å². The molecule has 5 heteroatoms. The zero-order valence-electron chi connectivity index (χ0n) is 10.3. The van der Waals surface area contributed by atoms with Gasteiger partial charge < -0.3 is 10.2 Å². The Kier molecular flexibility index (Phi) is 3.32. The molecule has 2 aromatic carbocycles. The fourth-order valence-corrected chi connectivity index (χ4v) is 3.07. The molecule has 2 N–H and O–H groups in total. The molecule has 2 rings (SSSR count). The minimum atomic E-state index is -1.25. The van der Waals surface area contributed by atoms with Crippen molar-refractivity contribution in [2.75, 3.05) is 0 Å². The summed E-state index contributed by atoms with van der Waals surface area (Å²) in [4.78, 5) is 22.7. The summed E-state index contributed by atoms with van der Waals surface area (Å²) >= 11 is 3.23. The van der Waals surface area contributed by atoms with Crippen molar-refractivity contribution in [2.45, 2.75) is 13.8 Å². The van der Waals surface area contributed by atoms with Gasteiger partial charge in [0.2, 0.25) is 0 Å². The fourth-order valence-electron chi connectivity index (χ4n) is 2.37. The van der Waals surface area contributed by atoms with E-state index < -0.39 is 11.9 Å². The van der Waals surface area contributed by atoms with E-state index in [1.165, 1.54) is 0 Å². The molecule has 0 unspecified atom stereocenters. The van der Waals surface area contributed by atoms with Gasteiger partial charge in [0, 0.05) is 4.47 Å². The number of aryl methyl sites for hydroxylation is 2. The number of halogens is 1. The van der Waals surface area contributed by atoms with Gasteiger partial charge in [-0.1, -0.05) is 18.2 Å². The standard InChI is InChI=1S/C14H11BrO4/c1-6-4-3-5-8-9(6)7(2)10(13(16)17)11(12(8)15)14(18)19/h3-5H,1-2H3,(H,16,17)(H,18,19). The third-order valence-electron chi connectivity index (χ3n) is 3.16. The van der Waals surface area contributed by atoms with Crippen LogP contribution < -0.4 is 0 Å². The molecule has 0 amide bonds. The normalized spacial score (nSPS) is 10.7. The lowest BCUT2D eigenvalue weighted by Crippen LogP contribution is -2.12. The lowest BCUT2D eigenvalue weighted by molar-refractivity contribution is 0.0650. The minimum Gasteiger partial charge on any atom is -0.478 e. The van der Waals surface area contributed by atoms with Crippen molar-refractivity contribution < 1.29 is 19.8 Å². The second-order valence-corrected chi connectivity index (χ2v) is 5.09. The van der Waals surface area contributed by atoms with Crippen LogP contribution in [0.3, 0.4) is 0 Å². The van der Waals surface area contributed by atoms with Gasteiger partial charge in [0.25, 0.3) is 0 Å². The molecular weight excluding hydrogens is 312 g/mol. The Hall–Kier alpha value is -1.88. The van der Waals surface area contributed by atoms with E-state index in [4.69, 9.17) is 0 Å². The lowest BCUT2D eigenvalue weighted by atomic mass is 9.92. The van der Waals surface area contributed by atoms with Crippen molar-refractivity contribution in [1.29, 1.82) is 0 Å². The van der Waals surface area contributed by atoms with Crippen molar-refractivity contribution in [2.24, 2.45) is 0 Å². The lowest BCUT2D eigenvalue weighted by Gasteiger charge is -2.14. The number of aromatic carboxylic acids is 2. The average Bonchev–Trinajstić information content (AvgIpc) is 2.32. The predicted octanol–water partition coefficient (Wildman–Crippen LogP) is 3.62. The first-order valence-corrected chi connectivity index (χ1v) is 6.33. The molecule has 0 atom stereocenters. The van der Waals surface area contributed by atoms with Crippen LogP contribution in [0.1, 0.15) is 31.8 Å². The van der Waals surface area contributed by atoms with Gasteiger partial charge in [-0.15, -0.1) is 0 Å². The van der Waals surface area contributed by atoms with Crippen LogP contribution in [-0.2, 0) is 0 Å². The number of carboxylic acid groups (broad SMARTS) is 2. The highest BCUT2D eigenvalue weighted by atomic mass is 79.9. The van der Waals surface area contributed by atoms with Gasteiger partial charge in [0.15, 0.2) is 0 Å². The van der Waals surface area contributed by atoms with Crippen molar-refractivity contribution >= 4 is 38.6 Å². The molecule has 0 radical (unpaired) electrons. The van der Waals surface area contributed by atoms with Crippen LogP contribution in [-0.4, -0.2) is 22.2 Å². The molecule has 0 fully saturated rings. The highest BCUT2D eigenvalue weighted by Crippen LogP contribution is 2.35. The summed E-state index contributed by atoms with van der Waals surface area (Å²) in [5.41, 5.74) is 1.01. The van der Waals surface area contributed by atoms with E-state index in [2.05, 4.69) is 15.9 Å². The minimum absolute atomic E-state index is 0.166. The third-order valence-corrected chi connectivity index (χ3v) is 3.98. The van der Waals surface area contributed by atoms with Gasteiger partial charge in [-0.25, -0.2) is 9.59 Å². The van der Waals surface area contributed by atoms with E-state index in [0.717, 1.165) is 10.9 Å². The van der Waals surface area contributed by atoms with Crippen molar-refractivity contribution in [1.82, 2.24) is 0 Å². The van der Waals surface area contributed by atoms with Gasteiger partial charge in [-0.05, 0) is 51.7 Å². The van der Waals surface area contributed by atoms with Crippen LogP contribution in [0.2, 0.25) is 0 Å². The van der Waals surface area contributed by atoms with E-state index in [-0.39, 0.29) is 11.1 Å². The number of hydrogen-bond donors (Lipinski definition) is 2. The topological polar surface area (TPSA) is 74.6 Å². The predicted molar refractivity (Wildman–Crippen MR) is 75.0 cm³/mol. The molecule has 4 nitrogen and oxygen atoms in total. The molecule has 0 bridgehead atoms. The van der Waals surface area contributed by atoms with Crippen LogP contribution in [0.25, 0.3) is 10.8 Å². The average molecular weight is 323 g/mol. The molecule has 0 heterocycles. The Morgan fingerprint density at radius 1 is 1.05 bits per heavy atom. The van der Waals surface area contributed by atoms with E-state index in [1.54, 1.807) is 13.0 Å². The van der Waals surface area contributed by atoms with Crippen LogP contribution in [0, 0.1) is 13.8 Å². The second-order valence-electron chi connectivity index (χ2n) is 4.30. The van der Waals surface area contributed by atoms with Gasteiger partial charge in [-0.2, -0.15) is 0 Å². The maximum atomic E-state index is 11.4. The Morgan fingerprint density at radius 3 is 2.16 bits per heavy atom. The molecule has 0 aliphatic rings. The van der Waals surface area contributed by atoms with E-state index in [1.807, 2.05) is 19.1 Å². The summed E-state index contributed by atoms with van der Waals surface area (Å²) in [6.07, 6.45) is 0. The molecule has 0 saturated carbocycles. The zero-order valence-corrected chi connectivity index (χ0v) is 11.9. The smallest absolute Gasteiger partial charge is 0.337 e. The highest BCUT2D eigenvalue weighted by Gasteiger charge is 2.25. The number of carboxylic acids is 2. The summed E-state index contributed by atoms with van der Waals surface area (Å²) in [6, 6.07) is 5.46. The zero-order chi connectivity index (χ0) is 14.3. The van der Waals surface area contributed by atoms with Crippen molar-refractivity contribution in [3.63, 3.8) is 0 Å². The highest BCUT2D eigenvalue weighted by molar-refractivity contribution is 9.10. The van der Waals surface area contributed by atoms with E-state index >= 15 is 0 Å². The van der Waals surface area contributed by atoms with Gasteiger partial charge >= 0.3 is 11.9 Å². The molecule has 19 heavy (non-hydrogen) atoms. The Labute approximate surface area is 117 Å². The maximum absolute atomic E-state index is 11.4. The first kappa shape index (κ1) is 13.5. The van der Waals surface area contributed by atoms with Crippen LogP contribution in [0.15, 0.2) is 22.7 Å². The van der Waals surface area contributed by atoms with Gasteiger partial charge in [0.1, 0.15) is 0 Å². The van der Waals surface area contributed by atoms with Crippen molar-refractivity contribution in [3.05, 3.63) is 44.9 Å². The monoisotopic (exact) mass is 322 g/mol. The number of rotatable bonds is 2. The molecule has 0 saturated heterocycles. The first-order valence-electron chi connectivity index (χ1n) is 5.54. The van der Waals surface area contributed by atoms with Gasteiger partial charge in [0.05, 0.1) is 11.1 Å². The number of benzene rings is 2. The number of hydrogen-bond acceptors (Lipinski definition) is 2. The molecule has 98 valence electrons. The van der Waals surface area contributed by atoms with Gasteiger partial charge in [-0.3, -0.25) is 0 Å². The Bertz CT molecular complexity index is 719. The Balaban J connectivity index is 3.12. The third kappa shape index (κ3) is 2.00. The van der Waals surface area contributed by atoms with E-state index in [0.29, 0.717) is 15.4 Å². The summed E-state index contributed by atoms with van der Waals surface area (Å²) in [5.74, 6) is -2.49. The molecule has 0 aliphatic heterocycles.